The molecule has 0 bridgehead atoms. The molecular weight excluding hydrogens is 452 g/mol. The molecule has 4 rings (SSSR count). The number of hydrazone groups is 1. The van der Waals surface area contributed by atoms with E-state index in [2.05, 4.69) is 5.32 Å². The van der Waals surface area contributed by atoms with E-state index in [1.807, 2.05) is 76.2 Å². The number of anilines is 2. The summed E-state index contributed by atoms with van der Waals surface area (Å²) in [5, 5.41) is 8.93. The molecule has 0 spiro atoms. The van der Waals surface area contributed by atoms with Crippen LogP contribution in [0.25, 0.3) is 0 Å². The Bertz CT molecular complexity index is 1160. The van der Waals surface area contributed by atoms with Crippen LogP contribution >= 0.6 is 0 Å². The minimum Gasteiger partial charge on any atom is -0.324 e. The van der Waals surface area contributed by atoms with E-state index in [0.717, 1.165) is 42.5 Å². The number of fused-ring (bicyclic) bond motifs is 1. The van der Waals surface area contributed by atoms with Gasteiger partial charge in [-0.2, -0.15) is 5.10 Å². The third kappa shape index (κ3) is 5.83. The first kappa shape index (κ1) is 25.6. The highest BCUT2D eigenvalue weighted by molar-refractivity contribution is 6.13. The van der Waals surface area contributed by atoms with E-state index in [0.29, 0.717) is 11.4 Å². The van der Waals surface area contributed by atoms with Crippen LogP contribution in [0.2, 0.25) is 0 Å². The molecular formula is C29H36N4O3. The zero-order chi connectivity index (χ0) is 25.9. The number of nitrogens with zero attached hydrogens (tertiary/aromatic N) is 3. The zero-order valence-corrected chi connectivity index (χ0v) is 21.7. The van der Waals surface area contributed by atoms with Gasteiger partial charge in [0, 0.05) is 22.6 Å². The average molecular weight is 489 g/mol. The van der Waals surface area contributed by atoms with Crippen molar-refractivity contribution in [3.63, 3.8) is 0 Å². The maximum absolute atomic E-state index is 13.8. The van der Waals surface area contributed by atoms with E-state index < -0.39 is 11.4 Å². The molecule has 36 heavy (non-hydrogen) atoms. The summed E-state index contributed by atoms with van der Waals surface area (Å²) in [6, 6.07) is 14.7. The van der Waals surface area contributed by atoms with Crippen molar-refractivity contribution in [2.75, 3.05) is 23.3 Å². The Morgan fingerprint density at radius 1 is 0.972 bits per heavy atom. The predicted octanol–water partition coefficient (Wildman–Crippen LogP) is 5.78. The van der Waals surface area contributed by atoms with Crippen molar-refractivity contribution >= 4 is 34.8 Å². The quantitative estimate of drug-likeness (QED) is 0.560. The second kappa shape index (κ2) is 10.6. The maximum Gasteiger partial charge on any atom is 0.345 e. The minimum atomic E-state index is -0.609. The highest BCUT2D eigenvalue weighted by Gasteiger charge is 2.36. The van der Waals surface area contributed by atoms with Crippen LogP contribution in [-0.4, -0.2) is 41.5 Å². The number of carbonyl (C=O) groups is 3. The first-order valence-electron chi connectivity index (χ1n) is 12.8. The van der Waals surface area contributed by atoms with E-state index in [-0.39, 0.29) is 30.7 Å². The summed E-state index contributed by atoms with van der Waals surface area (Å²) in [7, 11) is 0. The van der Waals surface area contributed by atoms with Crippen molar-refractivity contribution < 1.29 is 14.4 Å². The lowest BCUT2D eigenvalue weighted by Gasteiger charge is -2.28. The minimum absolute atomic E-state index is 0.0594. The number of para-hydroxylation sites is 1. The van der Waals surface area contributed by atoms with Crippen molar-refractivity contribution in [2.45, 2.75) is 59.8 Å². The van der Waals surface area contributed by atoms with Gasteiger partial charge in [-0.1, -0.05) is 75.9 Å². The Morgan fingerprint density at radius 2 is 1.64 bits per heavy atom. The predicted molar refractivity (Wildman–Crippen MR) is 143 cm³/mol. The van der Waals surface area contributed by atoms with Crippen LogP contribution in [-0.2, 0) is 9.59 Å². The van der Waals surface area contributed by atoms with Crippen molar-refractivity contribution in [1.82, 2.24) is 5.01 Å². The van der Waals surface area contributed by atoms with E-state index in [1.165, 1.54) is 16.3 Å². The average Bonchev–Trinajstić information content (AvgIpc) is 2.96. The van der Waals surface area contributed by atoms with Crippen LogP contribution in [0.5, 0.6) is 0 Å². The molecule has 2 aromatic rings. The van der Waals surface area contributed by atoms with E-state index in [9.17, 15) is 14.4 Å². The van der Waals surface area contributed by atoms with Gasteiger partial charge in [-0.05, 0) is 38.0 Å². The number of benzene rings is 2. The third-order valence-electron chi connectivity index (χ3n) is 6.91. The summed E-state index contributed by atoms with van der Waals surface area (Å²) < 4.78 is 0. The molecule has 1 saturated carbocycles. The molecule has 7 nitrogen and oxygen atoms in total. The van der Waals surface area contributed by atoms with Crippen molar-refractivity contribution in [2.24, 2.45) is 16.4 Å². The topological polar surface area (TPSA) is 82.1 Å². The van der Waals surface area contributed by atoms with Gasteiger partial charge >= 0.3 is 6.03 Å². The molecule has 1 N–H and O–H groups in total. The van der Waals surface area contributed by atoms with Crippen molar-refractivity contribution in [3.05, 3.63) is 59.7 Å². The molecule has 0 radical (unpaired) electrons. The summed E-state index contributed by atoms with van der Waals surface area (Å²) in [4.78, 5) is 41.4. The van der Waals surface area contributed by atoms with Gasteiger partial charge in [-0.3, -0.25) is 14.5 Å². The Labute approximate surface area is 213 Å². The normalized spacial score (nSPS) is 16.8. The van der Waals surface area contributed by atoms with Crippen LogP contribution in [0.15, 0.2) is 53.6 Å². The first-order chi connectivity index (χ1) is 17.1. The summed E-state index contributed by atoms with van der Waals surface area (Å²) in [5.41, 5.74) is 3.50. The molecule has 0 saturated heterocycles. The fourth-order valence-electron chi connectivity index (χ4n) is 4.68. The lowest BCUT2D eigenvalue weighted by molar-refractivity contribution is -0.124. The van der Waals surface area contributed by atoms with Gasteiger partial charge < -0.3 is 5.32 Å². The van der Waals surface area contributed by atoms with Crippen LogP contribution in [0.1, 0.15) is 64.0 Å². The fraction of sp³-hybridized carbons (Fsp3) is 0.448. The number of hydrogen-bond acceptors (Lipinski definition) is 4. The second-order valence-corrected chi connectivity index (χ2v) is 10.9. The summed E-state index contributed by atoms with van der Waals surface area (Å²) >= 11 is 0. The second-order valence-electron chi connectivity index (χ2n) is 10.9. The third-order valence-corrected chi connectivity index (χ3v) is 6.91. The van der Waals surface area contributed by atoms with Crippen LogP contribution in [0.4, 0.5) is 16.2 Å². The molecule has 2 aliphatic rings. The molecule has 1 aliphatic heterocycles. The van der Waals surface area contributed by atoms with Crippen LogP contribution in [0, 0.1) is 18.3 Å². The zero-order valence-electron chi connectivity index (χ0n) is 21.7. The standard InChI is InChI=1S/C29H36N4O3/c1-20-14-16-22(17-15-20)30-26(35)19-33-28(36)32(18-25(34)29(2,3)4)24-13-9-8-12-23(24)27(31-33)21-10-6-5-7-11-21/h8-9,12-17,21H,5-7,10-11,18-19H2,1-4H3,(H,30,35). The van der Waals surface area contributed by atoms with Crippen molar-refractivity contribution in [3.8, 4) is 0 Å². The van der Waals surface area contributed by atoms with Gasteiger partial charge in [0.2, 0.25) is 5.91 Å². The molecule has 0 aromatic heterocycles. The van der Waals surface area contributed by atoms with E-state index in [4.69, 9.17) is 5.10 Å². The molecule has 1 heterocycles. The SMILES string of the molecule is Cc1ccc(NC(=O)CN2N=C(C3CCCCC3)c3ccccc3N(CC(=O)C(C)(C)C)C2=O)cc1. The van der Waals surface area contributed by atoms with E-state index in [1.54, 1.807) is 0 Å². The number of Topliss-reactive ketones (excluding diaryl/α,β-unsaturated/α-hetero) is 1. The number of urea groups is 1. The van der Waals surface area contributed by atoms with Crippen molar-refractivity contribution in [1.29, 1.82) is 0 Å². The number of hydrogen-bond donors (Lipinski definition) is 1. The Kier molecular flexibility index (Phi) is 7.57. The summed E-state index contributed by atoms with van der Waals surface area (Å²) in [6.07, 6.45) is 5.40. The van der Waals surface area contributed by atoms with Gasteiger partial charge in [0.05, 0.1) is 17.9 Å². The van der Waals surface area contributed by atoms with Gasteiger partial charge in [0.25, 0.3) is 0 Å². The van der Waals surface area contributed by atoms with E-state index >= 15 is 0 Å². The molecule has 1 fully saturated rings. The highest BCUT2D eigenvalue weighted by atomic mass is 16.2. The number of ketones is 1. The van der Waals surface area contributed by atoms with Gasteiger partial charge in [-0.25, -0.2) is 9.80 Å². The molecule has 0 atom stereocenters. The van der Waals surface area contributed by atoms with Gasteiger partial charge in [0.15, 0.2) is 5.78 Å². The molecule has 2 aromatic carbocycles. The smallest absolute Gasteiger partial charge is 0.324 e. The number of carbonyl (C=O) groups excluding carboxylic acids is 3. The Morgan fingerprint density at radius 3 is 2.31 bits per heavy atom. The monoisotopic (exact) mass is 488 g/mol. The largest absolute Gasteiger partial charge is 0.345 e. The Balaban J connectivity index is 1.70. The van der Waals surface area contributed by atoms with Crippen LogP contribution < -0.4 is 10.2 Å². The lowest BCUT2D eigenvalue weighted by Crippen LogP contribution is -2.47. The fourth-order valence-corrected chi connectivity index (χ4v) is 4.68. The summed E-state index contributed by atoms with van der Waals surface area (Å²) in [6.45, 7) is 7.20. The summed E-state index contributed by atoms with van der Waals surface area (Å²) in [5.74, 6) is -0.198. The lowest BCUT2D eigenvalue weighted by atomic mass is 9.83. The van der Waals surface area contributed by atoms with Crippen LogP contribution in [0.3, 0.4) is 0 Å². The molecule has 7 heteroatoms. The Hall–Kier alpha value is -3.48. The number of rotatable bonds is 6. The van der Waals surface area contributed by atoms with Gasteiger partial charge in [-0.15, -0.1) is 0 Å². The number of aryl methyl sites for hydroxylation is 1. The number of nitrogens with one attached hydrogen (secondary N) is 1. The highest BCUT2D eigenvalue weighted by Crippen LogP contribution is 2.34. The maximum atomic E-state index is 13.8. The first-order valence-corrected chi connectivity index (χ1v) is 12.8. The molecule has 1 aliphatic carbocycles. The molecule has 3 amide bonds. The number of amides is 3. The van der Waals surface area contributed by atoms with Gasteiger partial charge in [0.1, 0.15) is 6.54 Å². The molecule has 0 unspecified atom stereocenters. The molecule has 190 valence electrons.